The second kappa shape index (κ2) is 12.0. The van der Waals surface area contributed by atoms with Crippen molar-refractivity contribution < 1.29 is 33.4 Å². The Kier molecular flexibility index (Phi) is 11.5. The van der Waals surface area contributed by atoms with Gasteiger partial charge in [-0.1, -0.05) is 27.7 Å². The molecule has 0 aromatic carbocycles. The van der Waals surface area contributed by atoms with Crippen LogP contribution in [0.15, 0.2) is 5.16 Å². The van der Waals surface area contributed by atoms with E-state index in [1.165, 1.54) is 13.3 Å². The van der Waals surface area contributed by atoms with E-state index in [0.29, 0.717) is 0 Å². The van der Waals surface area contributed by atoms with Crippen LogP contribution in [0.2, 0.25) is 0 Å². The molecular formula is C22H38INO7. The number of carbonyl (C=O) groups is 3. The quantitative estimate of drug-likeness (QED) is 0.104. The number of oxime groups is 1. The molecule has 0 fully saturated rings. The number of carbonyl (C=O) groups excluding carboxylic acids is 3. The zero-order chi connectivity index (χ0) is 24.6. The average molecular weight is 555 g/mol. The zero-order valence-corrected chi connectivity index (χ0v) is 22.6. The molecule has 180 valence electrons. The molecule has 0 heterocycles. The summed E-state index contributed by atoms with van der Waals surface area (Å²) in [5, 5.41) is 3.71. The summed E-state index contributed by atoms with van der Waals surface area (Å²) < 4.78 is 16.5. The molecule has 0 aliphatic carbocycles. The Labute approximate surface area is 199 Å². The minimum Gasteiger partial charge on any atom is -0.464 e. The Morgan fingerprint density at radius 2 is 1.29 bits per heavy atom. The van der Waals surface area contributed by atoms with Gasteiger partial charge < -0.3 is 19.0 Å². The molecule has 0 N–H and O–H groups in total. The fourth-order valence-corrected chi connectivity index (χ4v) is 2.72. The summed E-state index contributed by atoms with van der Waals surface area (Å²) >= 11 is 2.05. The highest BCUT2D eigenvalue weighted by molar-refractivity contribution is 14.1. The normalized spacial score (nSPS) is 15.7. The van der Waals surface area contributed by atoms with Crippen molar-refractivity contribution in [2.45, 2.75) is 84.9 Å². The molecule has 0 rings (SSSR count). The first-order valence-electron chi connectivity index (χ1n) is 10.2. The van der Waals surface area contributed by atoms with E-state index in [1.807, 2.05) is 22.6 Å². The van der Waals surface area contributed by atoms with Gasteiger partial charge in [0.15, 0.2) is 6.10 Å². The highest BCUT2D eigenvalue weighted by atomic mass is 127. The van der Waals surface area contributed by atoms with Gasteiger partial charge in [-0.25, -0.2) is 0 Å². The Morgan fingerprint density at radius 1 is 0.839 bits per heavy atom. The first-order valence-corrected chi connectivity index (χ1v) is 11.4. The van der Waals surface area contributed by atoms with Crippen LogP contribution in [0, 0.1) is 16.2 Å². The van der Waals surface area contributed by atoms with Crippen LogP contribution in [0.5, 0.6) is 0 Å². The fourth-order valence-electron chi connectivity index (χ4n) is 1.93. The predicted octanol–water partition coefficient (Wildman–Crippen LogP) is 4.32. The second-order valence-corrected chi connectivity index (χ2v) is 12.0. The summed E-state index contributed by atoms with van der Waals surface area (Å²) in [5.41, 5.74) is -2.19. The maximum Gasteiger partial charge on any atom is 0.311 e. The Bertz CT molecular complexity index is 642. The lowest BCUT2D eigenvalue weighted by Crippen LogP contribution is -2.46. The number of nitrogens with zero attached hydrogens (tertiary/aromatic N) is 1. The van der Waals surface area contributed by atoms with Crippen molar-refractivity contribution in [3.05, 3.63) is 0 Å². The lowest BCUT2D eigenvalue weighted by atomic mass is 9.96. The Balaban J connectivity index is 5.85. The van der Waals surface area contributed by atoms with Crippen LogP contribution in [0.25, 0.3) is 0 Å². The summed E-state index contributed by atoms with van der Waals surface area (Å²) in [6.45, 7) is 15.7. The molecule has 0 radical (unpaired) electrons. The molecule has 0 aliphatic heterocycles. The van der Waals surface area contributed by atoms with Crippen LogP contribution >= 0.6 is 22.6 Å². The summed E-state index contributed by atoms with van der Waals surface area (Å²) in [6, 6.07) is 0. The first kappa shape index (κ1) is 29.6. The minimum absolute atomic E-state index is 0.0102. The molecule has 0 aromatic rings. The van der Waals surface area contributed by atoms with Gasteiger partial charge >= 0.3 is 17.9 Å². The maximum atomic E-state index is 12.7. The molecule has 0 aliphatic rings. The molecular weight excluding hydrogens is 517 g/mol. The van der Waals surface area contributed by atoms with E-state index >= 15 is 0 Å². The van der Waals surface area contributed by atoms with Crippen molar-refractivity contribution in [3.8, 4) is 0 Å². The van der Waals surface area contributed by atoms with Crippen molar-refractivity contribution in [1.29, 1.82) is 0 Å². The van der Waals surface area contributed by atoms with Gasteiger partial charge in [-0.2, -0.15) is 0 Å². The molecule has 0 amide bonds. The maximum absolute atomic E-state index is 12.7. The lowest BCUT2D eigenvalue weighted by Gasteiger charge is -2.33. The van der Waals surface area contributed by atoms with Gasteiger partial charge in [-0.15, -0.1) is 0 Å². The Morgan fingerprint density at radius 3 is 1.71 bits per heavy atom. The standard InChI is InChI=1S/C22H38INO7/c1-20(2,3)17(25)29-13-14(23)16(31-19(27)22(7,8)9)15(11-12-24-28-10)30-18(26)21(4,5)6/h12,14-16H,11,13H2,1-10H3/b24-12+/t14-,15+,16+/m0/s1. The van der Waals surface area contributed by atoms with Crippen LogP contribution < -0.4 is 0 Å². The highest BCUT2D eigenvalue weighted by Gasteiger charge is 2.39. The van der Waals surface area contributed by atoms with Crippen LogP contribution in [-0.2, 0) is 33.4 Å². The molecule has 0 saturated carbocycles. The zero-order valence-electron chi connectivity index (χ0n) is 20.4. The topological polar surface area (TPSA) is 100 Å². The van der Waals surface area contributed by atoms with Crippen LogP contribution in [0.4, 0.5) is 0 Å². The number of rotatable bonds is 9. The van der Waals surface area contributed by atoms with E-state index in [-0.39, 0.29) is 19.0 Å². The first-order chi connectivity index (χ1) is 13.9. The molecule has 0 saturated heterocycles. The van der Waals surface area contributed by atoms with Crippen LogP contribution in [-0.4, -0.2) is 54.0 Å². The van der Waals surface area contributed by atoms with Crippen molar-refractivity contribution in [2.75, 3.05) is 13.7 Å². The lowest BCUT2D eigenvalue weighted by molar-refractivity contribution is -0.178. The smallest absolute Gasteiger partial charge is 0.311 e. The summed E-state index contributed by atoms with van der Waals surface area (Å²) in [7, 11) is 1.40. The van der Waals surface area contributed by atoms with E-state index in [4.69, 9.17) is 19.0 Å². The van der Waals surface area contributed by atoms with Crippen molar-refractivity contribution in [2.24, 2.45) is 21.4 Å². The van der Waals surface area contributed by atoms with E-state index in [9.17, 15) is 14.4 Å². The molecule has 9 heteroatoms. The van der Waals surface area contributed by atoms with Gasteiger partial charge in [0.25, 0.3) is 0 Å². The third kappa shape index (κ3) is 11.2. The van der Waals surface area contributed by atoms with Crippen LogP contribution in [0.3, 0.4) is 0 Å². The van der Waals surface area contributed by atoms with Crippen LogP contribution in [0.1, 0.15) is 68.7 Å². The van der Waals surface area contributed by atoms with Crippen molar-refractivity contribution in [1.82, 2.24) is 0 Å². The number of alkyl halides is 1. The summed E-state index contributed by atoms with van der Waals surface area (Å²) in [5.74, 6) is -1.28. The van der Waals surface area contributed by atoms with Gasteiger partial charge in [-0.3, -0.25) is 14.4 Å². The molecule has 0 spiro atoms. The number of esters is 3. The molecule has 0 bridgehead atoms. The molecule has 3 atom stereocenters. The van der Waals surface area contributed by atoms with Gasteiger partial charge in [0.2, 0.25) is 0 Å². The second-order valence-electron chi connectivity index (χ2n) is 10.4. The molecule has 8 nitrogen and oxygen atoms in total. The van der Waals surface area contributed by atoms with Gasteiger partial charge in [0.05, 0.1) is 20.2 Å². The predicted molar refractivity (Wildman–Crippen MR) is 127 cm³/mol. The Hall–Kier alpha value is -1.39. The van der Waals surface area contributed by atoms with Gasteiger partial charge in [0.1, 0.15) is 19.8 Å². The number of hydrogen-bond donors (Lipinski definition) is 0. The number of hydrogen-bond acceptors (Lipinski definition) is 8. The third-order valence-electron chi connectivity index (χ3n) is 3.95. The number of halogens is 1. The number of ether oxygens (including phenoxy) is 3. The largest absolute Gasteiger partial charge is 0.464 e. The van der Waals surface area contributed by atoms with E-state index in [1.54, 1.807) is 62.3 Å². The summed E-state index contributed by atoms with van der Waals surface area (Å²) in [6.07, 6.45) is -0.102. The minimum atomic E-state index is -0.866. The van der Waals surface area contributed by atoms with Gasteiger partial charge in [-0.05, 0) is 62.3 Å². The molecule has 31 heavy (non-hydrogen) atoms. The molecule has 0 aromatic heterocycles. The summed E-state index contributed by atoms with van der Waals surface area (Å²) in [4.78, 5) is 42.2. The van der Waals surface area contributed by atoms with E-state index in [2.05, 4.69) is 5.16 Å². The van der Waals surface area contributed by atoms with E-state index < -0.39 is 44.3 Å². The van der Waals surface area contributed by atoms with E-state index in [0.717, 1.165) is 0 Å². The van der Waals surface area contributed by atoms with Gasteiger partial charge in [0, 0.05) is 12.6 Å². The third-order valence-corrected chi connectivity index (χ3v) is 5.02. The average Bonchev–Trinajstić information content (AvgIpc) is 2.60. The monoisotopic (exact) mass is 555 g/mol. The molecule has 0 unspecified atom stereocenters. The van der Waals surface area contributed by atoms with Crippen molar-refractivity contribution >= 4 is 46.7 Å². The van der Waals surface area contributed by atoms with Crippen molar-refractivity contribution in [3.63, 3.8) is 0 Å². The SMILES string of the molecule is CO/N=C/C[C@@H](OC(=O)C(C)(C)C)[C@H](OC(=O)C(C)(C)C)[C@@H](I)COC(=O)C(C)(C)C. The highest BCUT2D eigenvalue weighted by Crippen LogP contribution is 2.27. The fraction of sp³-hybridized carbons (Fsp3) is 0.818.